The molecular weight excluding hydrogens is 276 g/mol. The van der Waals surface area contributed by atoms with Gasteiger partial charge in [0.25, 0.3) is 0 Å². The van der Waals surface area contributed by atoms with Crippen LogP contribution in [-0.2, 0) is 9.84 Å². The maximum atomic E-state index is 12.2. The minimum Gasteiger partial charge on any atom is -0.335 e. The van der Waals surface area contributed by atoms with Crippen LogP contribution < -0.4 is 5.32 Å². The Hall–Kier alpha value is -1.04. The first-order chi connectivity index (χ1) is 9.41. The van der Waals surface area contributed by atoms with Crippen LogP contribution in [0.15, 0.2) is 12.2 Å². The number of rotatable bonds is 4. The van der Waals surface area contributed by atoms with E-state index in [0.717, 1.165) is 25.9 Å². The molecule has 0 aromatic heterocycles. The van der Waals surface area contributed by atoms with Gasteiger partial charge in [0.15, 0.2) is 9.84 Å². The second kappa shape index (κ2) is 6.16. The zero-order valence-corrected chi connectivity index (χ0v) is 13.0. The minimum absolute atomic E-state index is 0.0114. The molecule has 5 nitrogen and oxygen atoms in total. The van der Waals surface area contributed by atoms with Crippen molar-refractivity contribution in [3.63, 3.8) is 0 Å². The highest BCUT2D eigenvalue weighted by molar-refractivity contribution is 7.91. The predicted molar refractivity (Wildman–Crippen MR) is 79.2 cm³/mol. The summed E-state index contributed by atoms with van der Waals surface area (Å²) in [6.07, 6.45) is 6.49. The first-order valence-corrected chi connectivity index (χ1v) is 9.14. The largest absolute Gasteiger partial charge is 0.335 e. The summed E-state index contributed by atoms with van der Waals surface area (Å²) in [7, 11) is -3.05. The van der Waals surface area contributed by atoms with E-state index in [2.05, 4.69) is 17.5 Å². The summed E-state index contributed by atoms with van der Waals surface area (Å²) in [5.74, 6) is 1.27. The molecule has 3 atom stereocenters. The zero-order chi connectivity index (χ0) is 14.8. The summed E-state index contributed by atoms with van der Waals surface area (Å²) in [5, 5.41) is 2.81. The molecule has 114 valence electrons. The molecule has 6 heteroatoms. The van der Waals surface area contributed by atoms with Gasteiger partial charge in [-0.2, -0.15) is 0 Å². The molecule has 0 radical (unpaired) electrons. The van der Waals surface area contributed by atoms with Crippen molar-refractivity contribution in [2.24, 2.45) is 11.8 Å². The molecule has 1 saturated heterocycles. The van der Waals surface area contributed by atoms with Gasteiger partial charge in [-0.05, 0) is 31.6 Å². The van der Waals surface area contributed by atoms with Gasteiger partial charge in [0.2, 0.25) is 0 Å². The third-order valence-electron chi connectivity index (χ3n) is 4.22. The fraction of sp³-hybridized carbons (Fsp3) is 0.786. The summed E-state index contributed by atoms with van der Waals surface area (Å²) in [6.45, 7) is 4.94. The van der Waals surface area contributed by atoms with Crippen molar-refractivity contribution in [1.82, 2.24) is 10.2 Å². The maximum absolute atomic E-state index is 12.2. The Morgan fingerprint density at radius 1 is 1.30 bits per heavy atom. The van der Waals surface area contributed by atoms with Crippen LogP contribution in [0.5, 0.6) is 0 Å². The molecule has 2 aliphatic rings. The molecule has 0 saturated carbocycles. The SMILES string of the molecule is CCS(=O)(=O)C[C@H](C)NC(=O)N1C[C@H]2CC=CC[C@@H]2C1. The van der Waals surface area contributed by atoms with Crippen LogP contribution in [-0.4, -0.2) is 50.0 Å². The molecule has 0 spiro atoms. The van der Waals surface area contributed by atoms with Crippen LogP contribution in [0.1, 0.15) is 26.7 Å². The number of hydrogen-bond donors (Lipinski definition) is 1. The fourth-order valence-electron chi connectivity index (χ4n) is 3.02. The lowest BCUT2D eigenvalue weighted by atomic mass is 9.86. The Kier molecular flexibility index (Phi) is 4.73. The molecule has 1 heterocycles. The number of sulfone groups is 1. The average molecular weight is 300 g/mol. The third kappa shape index (κ3) is 3.75. The highest BCUT2D eigenvalue weighted by atomic mass is 32.2. The lowest BCUT2D eigenvalue weighted by Crippen LogP contribution is -2.45. The first-order valence-electron chi connectivity index (χ1n) is 7.32. The number of nitrogens with zero attached hydrogens (tertiary/aromatic N) is 1. The van der Waals surface area contributed by atoms with E-state index in [4.69, 9.17) is 0 Å². The second-order valence-electron chi connectivity index (χ2n) is 5.92. The molecule has 0 aromatic rings. The molecule has 1 fully saturated rings. The van der Waals surface area contributed by atoms with E-state index in [9.17, 15) is 13.2 Å². The van der Waals surface area contributed by atoms with Crippen LogP contribution in [0.3, 0.4) is 0 Å². The second-order valence-corrected chi connectivity index (χ2v) is 8.32. The molecule has 0 bridgehead atoms. The Morgan fingerprint density at radius 3 is 2.35 bits per heavy atom. The van der Waals surface area contributed by atoms with Crippen molar-refractivity contribution in [2.75, 3.05) is 24.6 Å². The van der Waals surface area contributed by atoms with Crippen molar-refractivity contribution in [3.05, 3.63) is 12.2 Å². The van der Waals surface area contributed by atoms with E-state index >= 15 is 0 Å². The standard InChI is InChI=1S/C14H24N2O3S/c1-3-20(18,19)10-11(2)15-14(17)16-8-12-6-4-5-7-13(12)9-16/h4-5,11-13H,3,6-10H2,1-2H3,(H,15,17)/t11-,12+,13+/m0/s1. The summed E-state index contributed by atoms with van der Waals surface area (Å²) in [6, 6.07) is -0.466. The quantitative estimate of drug-likeness (QED) is 0.798. The molecule has 0 unspecified atom stereocenters. The molecular formula is C14H24N2O3S. The predicted octanol–water partition coefficient (Wildman–Crippen LogP) is 1.42. The van der Waals surface area contributed by atoms with Crippen molar-refractivity contribution >= 4 is 15.9 Å². The summed E-state index contributed by atoms with van der Waals surface area (Å²) < 4.78 is 23.1. The van der Waals surface area contributed by atoms with Gasteiger partial charge in [-0.15, -0.1) is 0 Å². The summed E-state index contributed by atoms with van der Waals surface area (Å²) in [4.78, 5) is 14.0. The van der Waals surface area contributed by atoms with E-state index in [-0.39, 0.29) is 23.6 Å². The van der Waals surface area contributed by atoms with Gasteiger partial charge in [-0.1, -0.05) is 19.1 Å². The number of carbonyl (C=O) groups is 1. The van der Waals surface area contributed by atoms with Crippen molar-refractivity contribution in [2.45, 2.75) is 32.7 Å². The topological polar surface area (TPSA) is 66.5 Å². The number of nitrogens with one attached hydrogen (secondary N) is 1. The van der Waals surface area contributed by atoms with Crippen molar-refractivity contribution < 1.29 is 13.2 Å². The van der Waals surface area contributed by atoms with E-state index in [0.29, 0.717) is 11.8 Å². The monoisotopic (exact) mass is 300 g/mol. The van der Waals surface area contributed by atoms with E-state index in [1.54, 1.807) is 13.8 Å². The molecule has 1 N–H and O–H groups in total. The molecule has 1 aliphatic heterocycles. The highest BCUT2D eigenvalue weighted by Gasteiger charge is 2.35. The van der Waals surface area contributed by atoms with E-state index < -0.39 is 9.84 Å². The smallest absolute Gasteiger partial charge is 0.317 e. The van der Waals surface area contributed by atoms with Crippen LogP contribution in [0, 0.1) is 11.8 Å². The van der Waals surface area contributed by atoms with Crippen molar-refractivity contribution in [1.29, 1.82) is 0 Å². The molecule has 2 rings (SSSR count). The number of amides is 2. The Morgan fingerprint density at radius 2 is 1.85 bits per heavy atom. The minimum atomic E-state index is -3.05. The number of urea groups is 1. The Balaban J connectivity index is 1.84. The molecule has 2 amide bonds. The fourth-order valence-corrected chi connectivity index (χ4v) is 4.10. The van der Waals surface area contributed by atoms with Gasteiger partial charge in [0.1, 0.15) is 0 Å². The Bertz CT molecular complexity index is 471. The summed E-state index contributed by atoms with van der Waals surface area (Å²) >= 11 is 0. The Labute approximate surface area is 121 Å². The van der Waals surface area contributed by atoms with Gasteiger partial charge >= 0.3 is 6.03 Å². The normalized spacial score (nSPS) is 27.2. The number of hydrogen-bond acceptors (Lipinski definition) is 3. The average Bonchev–Trinajstić information content (AvgIpc) is 2.81. The van der Waals surface area contributed by atoms with Gasteiger partial charge in [0, 0.05) is 24.9 Å². The van der Waals surface area contributed by atoms with Crippen LogP contribution in [0.2, 0.25) is 0 Å². The van der Waals surface area contributed by atoms with Gasteiger partial charge in [-0.25, -0.2) is 13.2 Å². The number of likely N-dealkylation sites (tertiary alicyclic amines) is 1. The number of fused-ring (bicyclic) bond motifs is 1. The van der Waals surface area contributed by atoms with E-state index in [1.807, 2.05) is 4.90 Å². The van der Waals surface area contributed by atoms with Crippen LogP contribution >= 0.6 is 0 Å². The van der Waals surface area contributed by atoms with Gasteiger partial charge < -0.3 is 10.2 Å². The summed E-state index contributed by atoms with van der Waals surface area (Å²) in [5.41, 5.74) is 0. The molecule has 20 heavy (non-hydrogen) atoms. The number of carbonyl (C=O) groups excluding carboxylic acids is 1. The number of allylic oxidation sites excluding steroid dienone is 2. The van der Waals surface area contributed by atoms with Gasteiger partial charge in [-0.3, -0.25) is 0 Å². The molecule has 0 aromatic carbocycles. The van der Waals surface area contributed by atoms with Crippen molar-refractivity contribution in [3.8, 4) is 0 Å². The maximum Gasteiger partial charge on any atom is 0.317 e. The van der Waals surface area contributed by atoms with Crippen LogP contribution in [0.25, 0.3) is 0 Å². The van der Waals surface area contributed by atoms with Gasteiger partial charge in [0.05, 0.1) is 5.75 Å². The molecule has 1 aliphatic carbocycles. The lowest BCUT2D eigenvalue weighted by molar-refractivity contribution is 0.204. The zero-order valence-electron chi connectivity index (χ0n) is 12.2. The van der Waals surface area contributed by atoms with E-state index in [1.165, 1.54) is 0 Å². The first kappa shape index (κ1) is 15.4. The highest BCUT2D eigenvalue weighted by Crippen LogP contribution is 2.32. The lowest BCUT2D eigenvalue weighted by Gasteiger charge is -2.20. The third-order valence-corrected chi connectivity index (χ3v) is 6.11. The van der Waals surface area contributed by atoms with Crippen LogP contribution in [0.4, 0.5) is 4.79 Å².